The second-order valence-electron chi connectivity index (χ2n) is 2.38. The second kappa shape index (κ2) is 2.34. The topological polar surface area (TPSA) is 63.1 Å². The Morgan fingerprint density at radius 2 is 2.25 bits per heavy atom. The summed E-state index contributed by atoms with van der Waals surface area (Å²) >= 11 is 0. The van der Waals surface area contributed by atoms with Crippen LogP contribution in [-0.2, 0) is 0 Å². The highest BCUT2D eigenvalue weighted by Crippen LogP contribution is 2.10. The first-order valence-electron chi connectivity index (χ1n) is 3.38. The Morgan fingerprint density at radius 3 is 3.00 bits per heavy atom. The molecule has 0 amide bonds. The monoisotopic (exact) mass is 163 g/mol. The number of aromatic nitrogens is 1. The molecule has 0 unspecified atom stereocenters. The van der Waals surface area contributed by atoms with Gasteiger partial charge in [-0.2, -0.15) is 0 Å². The number of hydrogen-bond acceptors (Lipinski definition) is 3. The maximum absolute atomic E-state index is 11.0. The van der Waals surface area contributed by atoms with Crippen LogP contribution >= 0.6 is 0 Å². The predicted molar refractivity (Wildman–Crippen MR) is 42.2 cm³/mol. The smallest absolute Gasteiger partial charge is 0.338 e. The Balaban J connectivity index is 3.03. The molecule has 1 aromatic heterocycles. The van der Waals surface area contributed by atoms with Gasteiger partial charge in [0.15, 0.2) is 6.29 Å². The fourth-order valence-corrected chi connectivity index (χ4v) is 1.13. The van der Waals surface area contributed by atoms with Gasteiger partial charge in [-0.05, 0) is 6.07 Å². The standard InChI is InChI=1S/C8H5NO3/c10-4-5-2-1-3-6-7(5)8(11)12-9-6/h1-4,9H. The number of carbonyl (C=O) groups is 1. The van der Waals surface area contributed by atoms with E-state index >= 15 is 0 Å². The van der Waals surface area contributed by atoms with E-state index in [1.165, 1.54) is 0 Å². The van der Waals surface area contributed by atoms with Crippen LogP contribution in [0, 0.1) is 0 Å². The van der Waals surface area contributed by atoms with Gasteiger partial charge in [-0.25, -0.2) is 9.95 Å². The molecule has 0 aliphatic heterocycles. The summed E-state index contributed by atoms with van der Waals surface area (Å²) in [6.07, 6.45) is 0.632. The highest BCUT2D eigenvalue weighted by atomic mass is 16.5. The van der Waals surface area contributed by atoms with E-state index in [4.69, 9.17) is 0 Å². The SMILES string of the molecule is O=Cc1cccc2[nH]oc(=O)c12. The highest BCUT2D eigenvalue weighted by molar-refractivity contribution is 5.95. The molecule has 0 saturated heterocycles. The average Bonchev–Trinajstić information content (AvgIpc) is 2.48. The molecular formula is C8H5NO3. The van der Waals surface area contributed by atoms with Crippen LogP contribution in [0.25, 0.3) is 10.9 Å². The van der Waals surface area contributed by atoms with Crippen LogP contribution in [0.2, 0.25) is 0 Å². The zero-order valence-electron chi connectivity index (χ0n) is 6.03. The number of carbonyl (C=O) groups excluding carboxylic acids is 1. The van der Waals surface area contributed by atoms with Crippen molar-refractivity contribution in [2.24, 2.45) is 0 Å². The van der Waals surface area contributed by atoms with Crippen LogP contribution in [0.5, 0.6) is 0 Å². The lowest BCUT2D eigenvalue weighted by atomic mass is 10.1. The first kappa shape index (κ1) is 6.84. The van der Waals surface area contributed by atoms with Crippen molar-refractivity contribution < 1.29 is 9.32 Å². The van der Waals surface area contributed by atoms with Crippen LogP contribution in [0.1, 0.15) is 10.4 Å². The molecule has 1 N–H and O–H groups in total. The minimum atomic E-state index is -0.507. The lowest BCUT2D eigenvalue weighted by molar-refractivity contribution is 0.112. The summed E-state index contributed by atoms with van der Waals surface area (Å²) in [6, 6.07) is 4.92. The van der Waals surface area contributed by atoms with Crippen molar-refractivity contribution in [3.05, 3.63) is 34.2 Å². The second-order valence-corrected chi connectivity index (χ2v) is 2.38. The normalized spacial score (nSPS) is 10.3. The Bertz CT molecular complexity index is 480. The number of hydrogen-bond donors (Lipinski definition) is 1. The van der Waals surface area contributed by atoms with Crippen LogP contribution < -0.4 is 5.63 Å². The molecular weight excluding hydrogens is 158 g/mol. The maximum Gasteiger partial charge on any atom is 0.365 e. The number of H-pyrrole nitrogens is 1. The van der Waals surface area contributed by atoms with Crippen LogP contribution in [0.4, 0.5) is 0 Å². The average molecular weight is 163 g/mol. The molecule has 0 atom stereocenters. The van der Waals surface area contributed by atoms with Crippen LogP contribution in [-0.4, -0.2) is 11.4 Å². The molecule has 0 aliphatic carbocycles. The minimum Gasteiger partial charge on any atom is -0.338 e. The van der Waals surface area contributed by atoms with Gasteiger partial charge in [0.1, 0.15) is 0 Å². The summed E-state index contributed by atoms with van der Waals surface area (Å²) in [5, 5.41) is 2.73. The third-order valence-electron chi connectivity index (χ3n) is 1.68. The first-order chi connectivity index (χ1) is 5.83. The van der Waals surface area contributed by atoms with E-state index in [0.717, 1.165) is 0 Å². The van der Waals surface area contributed by atoms with Crippen molar-refractivity contribution in [1.82, 2.24) is 5.16 Å². The highest BCUT2D eigenvalue weighted by Gasteiger charge is 2.06. The molecule has 1 aromatic carbocycles. The number of fused-ring (bicyclic) bond motifs is 1. The van der Waals surface area contributed by atoms with Gasteiger partial charge in [-0.1, -0.05) is 12.1 Å². The van der Waals surface area contributed by atoms with Gasteiger partial charge in [-0.15, -0.1) is 0 Å². The number of nitrogens with one attached hydrogen (secondary N) is 1. The number of aldehydes is 1. The fraction of sp³-hybridized carbons (Fsp3) is 0. The third kappa shape index (κ3) is 0.780. The Kier molecular flexibility index (Phi) is 1.33. The first-order valence-corrected chi connectivity index (χ1v) is 3.38. The van der Waals surface area contributed by atoms with Gasteiger partial charge in [-0.3, -0.25) is 4.79 Å². The van der Waals surface area contributed by atoms with Crippen LogP contribution in [0.15, 0.2) is 27.5 Å². The van der Waals surface area contributed by atoms with Crippen LogP contribution in [0.3, 0.4) is 0 Å². The maximum atomic E-state index is 11.0. The Morgan fingerprint density at radius 1 is 1.42 bits per heavy atom. The molecule has 0 radical (unpaired) electrons. The lowest BCUT2D eigenvalue weighted by Crippen LogP contribution is -1.95. The number of rotatable bonds is 1. The Labute approximate surface area is 66.8 Å². The molecule has 0 aliphatic rings. The molecule has 2 aromatic rings. The quantitative estimate of drug-likeness (QED) is 0.636. The molecule has 0 saturated carbocycles. The summed E-state index contributed by atoms with van der Waals surface area (Å²) in [5.41, 5.74) is 0.389. The fourth-order valence-electron chi connectivity index (χ4n) is 1.13. The van der Waals surface area contributed by atoms with E-state index in [0.29, 0.717) is 22.8 Å². The summed E-state index contributed by atoms with van der Waals surface area (Å²) in [4.78, 5) is 21.5. The number of benzene rings is 1. The van der Waals surface area contributed by atoms with E-state index < -0.39 is 5.63 Å². The van der Waals surface area contributed by atoms with E-state index in [9.17, 15) is 9.59 Å². The van der Waals surface area contributed by atoms with Gasteiger partial charge < -0.3 is 4.52 Å². The zero-order chi connectivity index (χ0) is 8.55. The molecule has 2 rings (SSSR count). The van der Waals surface area contributed by atoms with E-state index in [2.05, 4.69) is 9.68 Å². The van der Waals surface area contributed by atoms with Gasteiger partial charge in [0, 0.05) is 5.56 Å². The van der Waals surface area contributed by atoms with Crippen molar-refractivity contribution >= 4 is 17.2 Å². The van der Waals surface area contributed by atoms with Crippen molar-refractivity contribution in [2.75, 3.05) is 0 Å². The predicted octanol–water partition coefficient (Wildman–Crippen LogP) is 0.934. The molecule has 1 heterocycles. The van der Waals surface area contributed by atoms with Crippen molar-refractivity contribution in [3.8, 4) is 0 Å². The van der Waals surface area contributed by atoms with Gasteiger partial charge in [0.05, 0.1) is 10.9 Å². The van der Waals surface area contributed by atoms with E-state index in [1.807, 2.05) is 0 Å². The van der Waals surface area contributed by atoms with Gasteiger partial charge in [0.25, 0.3) is 0 Å². The lowest BCUT2D eigenvalue weighted by Gasteiger charge is -1.87. The molecule has 4 heteroatoms. The minimum absolute atomic E-state index is 0.313. The largest absolute Gasteiger partial charge is 0.365 e. The van der Waals surface area contributed by atoms with Crippen molar-refractivity contribution in [2.45, 2.75) is 0 Å². The van der Waals surface area contributed by atoms with Crippen molar-refractivity contribution in [3.63, 3.8) is 0 Å². The molecule has 0 spiro atoms. The zero-order valence-corrected chi connectivity index (χ0v) is 6.03. The molecule has 4 nitrogen and oxygen atoms in total. The van der Waals surface area contributed by atoms with E-state index in [1.54, 1.807) is 18.2 Å². The molecule has 0 bridgehead atoms. The van der Waals surface area contributed by atoms with E-state index in [-0.39, 0.29) is 0 Å². The molecule has 12 heavy (non-hydrogen) atoms. The van der Waals surface area contributed by atoms with Gasteiger partial charge in [0.2, 0.25) is 0 Å². The molecule has 60 valence electrons. The number of aromatic amines is 1. The molecule has 0 fully saturated rings. The summed E-state index contributed by atoms with van der Waals surface area (Å²) < 4.78 is 4.52. The summed E-state index contributed by atoms with van der Waals surface area (Å²) in [7, 11) is 0. The third-order valence-corrected chi connectivity index (χ3v) is 1.68. The van der Waals surface area contributed by atoms with Gasteiger partial charge >= 0.3 is 5.63 Å². The Hall–Kier alpha value is -1.84. The summed E-state index contributed by atoms with van der Waals surface area (Å²) in [5.74, 6) is 0. The summed E-state index contributed by atoms with van der Waals surface area (Å²) in [6.45, 7) is 0. The van der Waals surface area contributed by atoms with Crippen molar-refractivity contribution in [1.29, 1.82) is 0 Å².